The lowest BCUT2D eigenvalue weighted by Gasteiger charge is -2.22. The van der Waals surface area contributed by atoms with Crippen molar-refractivity contribution in [3.63, 3.8) is 0 Å². The molecule has 1 heterocycles. The third kappa shape index (κ3) is 4.71. The van der Waals surface area contributed by atoms with E-state index < -0.39 is 15.6 Å². The summed E-state index contributed by atoms with van der Waals surface area (Å²) in [4.78, 5) is 4.62. The fourth-order valence-electron chi connectivity index (χ4n) is 2.20. The van der Waals surface area contributed by atoms with Gasteiger partial charge in [-0.2, -0.15) is 0 Å². The first-order chi connectivity index (χ1) is 10.3. The molecular weight excluding hydrogens is 300 g/mol. The van der Waals surface area contributed by atoms with Crippen LogP contribution in [0.2, 0.25) is 0 Å². The van der Waals surface area contributed by atoms with E-state index in [1.54, 1.807) is 12.1 Å². The Kier molecular flexibility index (Phi) is 5.08. The molecule has 1 aliphatic heterocycles. The molecule has 6 nitrogen and oxygen atoms in total. The van der Waals surface area contributed by atoms with E-state index in [2.05, 4.69) is 20.3 Å². The number of nitrogens with zero attached hydrogens (tertiary/aromatic N) is 1. The Morgan fingerprint density at radius 3 is 2.64 bits per heavy atom. The smallest absolute Gasteiger partial charge is 0.241 e. The lowest BCUT2D eigenvalue weighted by Crippen LogP contribution is -2.42. The average molecular weight is 324 g/mol. The van der Waals surface area contributed by atoms with Gasteiger partial charge >= 0.3 is 0 Å². The zero-order valence-corrected chi connectivity index (χ0v) is 14.1. The molecule has 0 unspecified atom stereocenters. The fourth-order valence-corrected chi connectivity index (χ4v) is 3.86. The van der Waals surface area contributed by atoms with Gasteiger partial charge in [0.2, 0.25) is 10.0 Å². The Labute approximate surface area is 132 Å². The van der Waals surface area contributed by atoms with Crippen molar-refractivity contribution in [3.05, 3.63) is 29.8 Å². The zero-order chi connectivity index (χ0) is 16.2. The van der Waals surface area contributed by atoms with Crippen molar-refractivity contribution in [2.24, 2.45) is 4.99 Å². The summed E-state index contributed by atoms with van der Waals surface area (Å²) in [5.41, 5.74) is 0.198. The number of sulfonamides is 1. The zero-order valence-electron chi connectivity index (χ0n) is 13.3. The molecule has 0 atom stereocenters. The van der Waals surface area contributed by atoms with Gasteiger partial charge in [-0.3, -0.25) is 4.99 Å². The van der Waals surface area contributed by atoms with Crippen LogP contribution >= 0.6 is 0 Å². The molecule has 1 aromatic carbocycles. The molecule has 1 aliphatic rings. The maximum Gasteiger partial charge on any atom is 0.241 e. The first kappa shape index (κ1) is 16.8. The van der Waals surface area contributed by atoms with E-state index >= 15 is 0 Å². The van der Waals surface area contributed by atoms with Crippen LogP contribution in [0.5, 0.6) is 0 Å². The highest BCUT2D eigenvalue weighted by Crippen LogP contribution is 2.17. The van der Waals surface area contributed by atoms with Gasteiger partial charge in [0.15, 0.2) is 5.96 Å². The lowest BCUT2D eigenvalue weighted by molar-refractivity contribution is 0.491. The first-order valence-corrected chi connectivity index (χ1v) is 8.90. The molecule has 0 amide bonds. The quantitative estimate of drug-likeness (QED) is 0.777. The molecule has 0 fully saturated rings. The predicted octanol–water partition coefficient (Wildman–Crippen LogP) is 1.20. The number of benzene rings is 1. The van der Waals surface area contributed by atoms with E-state index in [0.717, 1.165) is 25.5 Å². The molecule has 3 N–H and O–H groups in total. The van der Waals surface area contributed by atoms with Gasteiger partial charge in [-0.1, -0.05) is 18.2 Å². The Bertz CT molecular complexity index is 648. The minimum absolute atomic E-state index is 0.300. The summed E-state index contributed by atoms with van der Waals surface area (Å²) in [6, 6.07) is 7.01. The number of nitrogens with one attached hydrogen (secondary N) is 3. The molecule has 1 aromatic rings. The molecule has 0 saturated carbocycles. The Balaban J connectivity index is 2.17. The van der Waals surface area contributed by atoms with Crippen LogP contribution in [0.25, 0.3) is 0 Å². The third-order valence-corrected chi connectivity index (χ3v) is 4.90. The van der Waals surface area contributed by atoms with Gasteiger partial charge in [0, 0.05) is 25.2 Å². The highest BCUT2D eigenvalue weighted by atomic mass is 32.2. The van der Waals surface area contributed by atoms with Crippen LogP contribution in [0.1, 0.15) is 32.8 Å². The van der Waals surface area contributed by atoms with Crippen molar-refractivity contribution in [1.82, 2.24) is 15.4 Å². The predicted molar refractivity (Wildman–Crippen MR) is 88.3 cm³/mol. The molecule has 0 radical (unpaired) electrons. The average Bonchev–Trinajstić information content (AvgIpc) is 2.44. The fraction of sp³-hybridized carbons (Fsp3) is 0.533. The van der Waals surface area contributed by atoms with Crippen LogP contribution in [-0.2, 0) is 16.6 Å². The van der Waals surface area contributed by atoms with Gasteiger partial charge in [-0.05, 0) is 38.8 Å². The van der Waals surface area contributed by atoms with Crippen molar-refractivity contribution in [2.45, 2.75) is 44.2 Å². The Hall–Kier alpha value is -1.60. The van der Waals surface area contributed by atoms with Gasteiger partial charge in [0.25, 0.3) is 0 Å². The summed E-state index contributed by atoms with van der Waals surface area (Å²) in [6.45, 7) is 7.57. The number of hydrogen-bond acceptors (Lipinski definition) is 5. The molecule has 22 heavy (non-hydrogen) atoms. The number of aliphatic imine (C=N–C) groups is 1. The summed E-state index contributed by atoms with van der Waals surface area (Å²) in [5, 5.41) is 6.32. The van der Waals surface area contributed by atoms with E-state index in [4.69, 9.17) is 0 Å². The van der Waals surface area contributed by atoms with E-state index in [1.165, 1.54) is 0 Å². The van der Waals surface area contributed by atoms with Crippen LogP contribution in [-0.4, -0.2) is 33.0 Å². The molecule has 0 spiro atoms. The second kappa shape index (κ2) is 6.66. The summed E-state index contributed by atoms with van der Waals surface area (Å²) in [5.74, 6) is 0.724. The molecule has 122 valence electrons. The Morgan fingerprint density at radius 2 is 2.00 bits per heavy atom. The van der Waals surface area contributed by atoms with E-state index in [-0.39, 0.29) is 0 Å². The van der Waals surface area contributed by atoms with Gasteiger partial charge in [-0.25, -0.2) is 13.1 Å². The number of rotatable bonds is 4. The summed E-state index contributed by atoms with van der Waals surface area (Å²) in [6.07, 6.45) is 1.02. The van der Waals surface area contributed by atoms with E-state index in [1.807, 2.05) is 32.9 Å². The third-order valence-electron chi connectivity index (χ3n) is 3.05. The van der Waals surface area contributed by atoms with Crippen LogP contribution in [0, 0.1) is 0 Å². The highest BCUT2D eigenvalue weighted by Gasteiger charge is 2.24. The maximum absolute atomic E-state index is 12.5. The van der Waals surface area contributed by atoms with Gasteiger partial charge in [0.05, 0.1) is 4.90 Å². The maximum atomic E-state index is 12.5. The second-order valence-electron chi connectivity index (χ2n) is 6.33. The normalized spacial score (nSPS) is 15.9. The van der Waals surface area contributed by atoms with Crippen LogP contribution in [0.15, 0.2) is 34.2 Å². The molecule has 0 aliphatic carbocycles. The molecule has 0 bridgehead atoms. The van der Waals surface area contributed by atoms with Crippen molar-refractivity contribution in [1.29, 1.82) is 0 Å². The highest BCUT2D eigenvalue weighted by molar-refractivity contribution is 7.89. The SMILES string of the molecule is CC(C)(C)NS(=O)(=O)c1ccccc1CNC1=NCCCN1. The molecule has 2 rings (SSSR count). The molecule has 0 saturated heterocycles. The largest absolute Gasteiger partial charge is 0.356 e. The summed E-state index contributed by atoms with van der Waals surface area (Å²) >= 11 is 0. The Morgan fingerprint density at radius 1 is 1.27 bits per heavy atom. The minimum Gasteiger partial charge on any atom is -0.356 e. The van der Waals surface area contributed by atoms with Crippen molar-refractivity contribution in [2.75, 3.05) is 13.1 Å². The topological polar surface area (TPSA) is 82.6 Å². The van der Waals surface area contributed by atoms with Crippen LogP contribution in [0.3, 0.4) is 0 Å². The summed E-state index contributed by atoms with van der Waals surface area (Å²) < 4.78 is 27.8. The monoisotopic (exact) mass is 324 g/mol. The minimum atomic E-state index is -3.55. The molecule has 0 aromatic heterocycles. The van der Waals surface area contributed by atoms with Crippen LogP contribution < -0.4 is 15.4 Å². The van der Waals surface area contributed by atoms with Gasteiger partial charge in [-0.15, -0.1) is 0 Å². The number of guanidine groups is 1. The van der Waals surface area contributed by atoms with E-state index in [9.17, 15) is 8.42 Å². The molecule has 7 heteroatoms. The van der Waals surface area contributed by atoms with Crippen molar-refractivity contribution >= 4 is 16.0 Å². The van der Waals surface area contributed by atoms with Gasteiger partial charge in [0.1, 0.15) is 0 Å². The first-order valence-electron chi connectivity index (χ1n) is 7.42. The lowest BCUT2D eigenvalue weighted by atomic mass is 10.1. The molecular formula is C15H24N4O2S. The second-order valence-corrected chi connectivity index (χ2v) is 7.98. The summed E-state index contributed by atoms with van der Waals surface area (Å²) in [7, 11) is -3.55. The van der Waals surface area contributed by atoms with Crippen LogP contribution in [0.4, 0.5) is 0 Å². The standard InChI is InChI=1S/C15H24N4O2S/c1-15(2,3)19-22(20,21)13-8-5-4-7-12(13)11-18-14-16-9-6-10-17-14/h4-5,7-8,19H,6,9-11H2,1-3H3,(H2,16,17,18). The van der Waals surface area contributed by atoms with Gasteiger partial charge < -0.3 is 10.6 Å². The number of hydrogen-bond donors (Lipinski definition) is 3. The van der Waals surface area contributed by atoms with Crippen molar-refractivity contribution < 1.29 is 8.42 Å². The van der Waals surface area contributed by atoms with E-state index in [0.29, 0.717) is 17.0 Å². The van der Waals surface area contributed by atoms with Crippen molar-refractivity contribution in [3.8, 4) is 0 Å².